The average Bonchev–Trinajstić information content (AvgIpc) is 2.09. The second-order valence-electron chi connectivity index (χ2n) is 2.37. The summed E-state index contributed by atoms with van der Waals surface area (Å²) in [5, 5.41) is 8.55. The van der Waals surface area contributed by atoms with Gasteiger partial charge in [0.1, 0.15) is 6.07 Å². The lowest BCUT2D eigenvalue weighted by molar-refractivity contribution is -0.112. The summed E-state index contributed by atoms with van der Waals surface area (Å²) < 4.78 is 10.5. The average molecular weight is 232 g/mol. The van der Waals surface area contributed by atoms with E-state index in [4.69, 9.17) is 14.7 Å². The number of rotatable bonds is 2. The van der Waals surface area contributed by atoms with Crippen molar-refractivity contribution in [3.63, 3.8) is 0 Å². The lowest BCUT2D eigenvalue weighted by Crippen LogP contribution is -2.29. The van der Waals surface area contributed by atoms with Crippen molar-refractivity contribution in [1.29, 1.82) is 5.26 Å². The van der Waals surface area contributed by atoms with Gasteiger partial charge in [0, 0.05) is 6.61 Å². The van der Waals surface area contributed by atoms with Crippen molar-refractivity contribution in [3.05, 3.63) is 11.8 Å². The molecule has 12 heavy (non-hydrogen) atoms. The Bertz CT molecular complexity index is 222. The largest absolute Gasteiger partial charge is 0.454 e. The highest BCUT2D eigenvalue weighted by atomic mass is 79.9. The number of alkyl halides is 1. The van der Waals surface area contributed by atoms with E-state index in [1.807, 2.05) is 13.0 Å². The van der Waals surface area contributed by atoms with Crippen LogP contribution in [0.15, 0.2) is 11.8 Å². The normalized spacial score (nSPS) is 28.6. The molecule has 66 valence electrons. The number of hydrogen-bond acceptors (Lipinski definition) is 3. The highest BCUT2D eigenvalue weighted by Gasteiger charge is 2.25. The SMILES string of the molecule is CCOC1OC(C#N)=CCC1Br. The molecule has 2 unspecified atom stereocenters. The molecule has 0 aromatic carbocycles. The maximum absolute atomic E-state index is 8.55. The van der Waals surface area contributed by atoms with Crippen LogP contribution in [0.4, 0.5) is 0 Å². The van der Waals surface area contributed by atoms with Crippen molar-refractivity contribution in [2.45, 2.75) is 24.5 Å². The van der Waals surface area contributed by atoms with Gasteiger partial charge in [0.2, 0.25) is 6.29 Å². The van der Waals surface area contributed by atoms with Crippen molar-refractivity contribution in [1.82, 2.24) is 0 Å². The van der Waals surface area contributed by atoms with Crippen molar-refractivity contribution in [3.8, 4) is 6.07 Å². The molecule has 0 amide bonds. The molecule has 0 spiro atoms. The molecule has 1 aliphatic rings. The number of ether oxygens (including phenoxy) is 2. The molecule has 0 radical (unpaired) electrons. The van der Waals surface area contributed by atoms with Gasteiger partial charge in [0.05, 0.1) is 4.83 Å². The Morgan fingerprint density at radius 1 is 1.92 bits per heavy atom. The van der Waals surface area contributed by atoms with Gasteiger partial charge in [-0.25, -0.2) is 0 Å². The maximum atomic E-state index is 8.55. The predicted molar refractivity (Wildman–Crippen MR) is 47.5 cm³/mol. The van der Waals surface area contributed by atoms with Crippen LogP contribution in [0.5, 0.6) is 0 Å². The predicted octanol–water partition coefficient (Wildman–Crippen LogP) is 1.94. The molecule has 1 aliphatic heterocycles. The maximum Gasteiger partial charge on any atom is 0.213 e. The van der Waals surface area contributed by atoms with Crippen LogP contribution in [-0.4, -0.2) is 17.7 Å². The molecular formula is C8H10BrNO2. The molecule has 0 saturated heterocycles. The summed E-state index contributed by atoms with van der Waals surface area (Å²) in [5.74, 6) is 0.351. The zero-order chi connectivity index (χ0) is 8.97. The monoisotopic (exact) mass is 231 g/mol. The molecule has 1 rings (SSSR count). The van der Waals surface area contributed by atoms with E-state index in [1.54, 1.807) is 6.08 Å². The third kappa shape index (κ3) is 2.23. The second-order valence-corrected chi connectivity index (χ2v) is 3.55. The third-order valence-corrected chi connectivity index (χ3v) is 2.31. The Morgan fingerprint density at radius 3 is 3.25 bits per heavy atom. The highest BCUT2D eigenvalue weighted by Crippen LogP contribution is 2.23. The molecule has 3 nitrogen and oxygen atoms in total. The lowest BCUT2D eigenvalue weighted by Gasteiger charge is -2.25. The van der Waals surface area contributed by atoms with E-state index in [2.05, 4.69) is 15.9 Å². The van der Waals surface area contributed by atoms with Crippen LogP contribution in [0.25, 0.3) is 0 Å². The minimum absolute atomic E-state index is 0.148. The topological polar surface area (TPSA) is 42.2 Å². The van der Waals surface area contributed by atoms with E-state index in [0.29, 0.717) is 12.4 Å². The standard InChI is InChI=1S/C8H10BrNO2/c1-2-11-8-7(9)4-3-6(5-10)12-8/h3,7-8H,2,4H2,1H3. The smallest absolute Gasteiger partial charge is 0.213 e. The first-order valence-electron chi connectivity index (χ1n) is 3.80. The van der Waals surface area contributed by atoms with Gasteiger partial charge in [-0.05, 0) is 19.4 Å². The van der Waals surface area contributed by atoms with Crippen molar-refractivity contribution in [2.24, 2.45) is 0 Å². The van der Waals surface area contributed by atoms with Crippen LogP contribution >= 0.6 is 15.9 Å². The number of hydrogen-bond donors (Lipinski definition) is 0. The Balaban J connectivity index is 2.55. The molecule has 0 bridgehead atoms. The summed E-state index contributed by atoms with van der Waals surface area (Å²) in [6, 6.07) is 1.95. The first kappa shape index (κ1) is 9.56. The fraction of sp³-hybridized carbons (Fsp3) is 0.625. The minimum atomic E-state index is -0.324. The summed E-state index contributed by atoms with van der Waals surface area (Å²) in [4.78, 5) is 0.148. The molecule has 0 N–H and O–H groups in total. The van der Waals surface area contributed by atoms with Gasteiger partial charge >= 0.3 is 0 Å². The van der Waals surface area contributed by atoms with E-state index in [0.717, 1.165) is 6.42 Å². The van der Waals surface area contributed by atoms with Crippen LogP contribution in [-0.2, 0) is 9.47 Å². The van der Waals surface area contributed by atoms with E-state index >= 15 is 0 Å². The quantitative estimate of drug-likeness (QED) is 0.683. The molecule has 0 saturated carbocycles. The second kappa shape index (κ2) is 4.48. The van der Waals surface area contributed by atoms with Gasteiger partial charge < -0.3 is 9.47 Å². The van der Waals surface area contributed by atoms with Crippen molar-refractivity contribution >= 4 is 15.9 Å². The van der Waals surface area contributed by atoms with Crippen LogP contribution in [0, 0.1) is 11.3 Å². The first-order chi connectivity index (χ1) is 5.77. The van der Waals surface area contributed by atoms with Gasteiger partial charge in [-0.3, -0.25) is 0 Å². The van der Waals surface area contributed by atoms with E-state index in [9.17, 15) is 0 Å². The molecule has 0 aromatic rings. The van der Waals surface area contributed by atoms with Gasteiger partial charge in [0.15, 0.2) is 5.76 Å². The number of allylic oxidation sites excluding steroid dienone is 2. The Morgan fingerprint density at radius 2 is 2.67 bits per heavy atom. The number of halogens is 1. The number of nitriles is 1. The molecule has 0 aromatic heterocycles. The zero-order valence-corrected chi connectivity index (χ0v) is 8.37. The van der Waals surface area contributed by atoms with E-state index in [-0.39, 0.29) is 11.1 Å². The highest BCUT2D eigenvalue weighted by molar-refractivity contribution is 9.09. The Hall–Kier alpha value is -0.530. The Labute approximate surface area is 80.1 Å². The summed E-state index contributed by atoms with van der Waals surface area (Å²) >= 11 is 3.41. The third-order valence-electron chi connectivity index (χ3n) is 1.51. The van der Waals surface area contributed by atoms with Gasteiger partial charge in [0.25, 0.3) is 0 Å². The fourth-order valence-electron chi connectivity index (χ4n) is 0.953. The Kier molecular flexibility index (Phi) is 3.57. The molecule has 1 heterocycles. The molecule has 4 heteroatoms. The molecular weight excluding hydrogens is 222 g/mol. The van der Waals surface area contributed by atoms with Crippen molar-refractivity contribution in [2.75, 3.05) is 6.61 Å². The van der Waals surface area contributed by atoms with Crippen LogP contribution < -0.4 is 0 Å². The van der Waals surface area contributed by atoms with Crippen molar-refractivity contribution < 1.29 is 9.47 Å². The van der Waals surface area contributed by atoms with Gasteiger partial charge in [-0.2, -0.15) is 5.26 Å². The minimum Gasteiger partial charge on any atom is -0.454 e. The van der Waals surface area contributed by atoms with Gasteiger partial charge in [-0.15, -0.1) is 0 Å². The lowest BCUT2D eigenvalue weighted by atomic mass is 10.2. The van der Waals surface area contributed by atoms with E-state index in [1.165, 1.54) is 0 Å². The molecule has 0 fully saturated rings. The summed E-state index contributed by atoms with van der Waals surface area (Å²) in [6.07, 6.45) is 2.21. The van der Waals surface area contributed by atoms with Crippen LogP contribution in [0.2, 0.25) is 0 Å². The summed E-state index contributed by atoms with van der Waals surface area (Å²) in [6.45, 7) is 2.49. The van der Waals surface area contributed by atoms with Crippen LogP contribution in [0.3, 0.4) is 0 Å². The molecule has 0 aliphatic carbocycles. The zero-order valence-electron chi connectivity index (χ0n) is 6.79. The fourth-order valence-corrected chi connectivity index (χ4v) is 1.40. The summed E-state index contributed by atoms with van der Waals surface area (Å²) in [5.41, 5.74) is 0. The summed E-state index contributed by atoms with van der Waals surface area (Å²) in [7, 11) is 0. The molecule has 2 atom stereocenters. The van der Waals surface area contributed by atoms with Crippen LogP contribution in [0.1, 0.15) is 13.3 Å². The number of nitrogens with zero attached hydrogens (tertiary/aromatic N) is 1. The first-order valence-corrected chi connectivity index (χ1v) is 4.72. The van der Waals surface area contributed by atoms with Gasteiger partial charge in [-0.1, -0.05) is 15.9 Å². The van der Waals surface area contributed by atoms with E-state index < -0.39 is 0 Å².